The summed E-state index contributed by atoms with van der Waals surface area (Å²) in [6.07, 6.45) is 7.95. The second-order valence-corrected chi connectivity index (χ2v) is 5.01. The van der Waals surface area contributed by atoms with Gasteiger partial charge in [0.05, 0.1) is 5.69 Å². The molecule has 4 heteroatoms. The molecule has 0 aliphatic carbocycles. The lowest BCUT2D eigenvalue weighted by molar-refractivity contribution is 0.637. The van der Waals surface area contributed by atoms with E-state index in [1.165, 1.54) is 18.6 Å². The molecular weight excluding hydrogens is 218 g/mol. The topological polar surface area (TPSA) is 29.9 Å². The highest BCUT2D eigenvalue weighted by molar-refractivity contribution is 7.98. The number of anilines is 1. The number of aromatic nitrogens is 2. The fourth-order valence-corrected chi connectivity index (χ4v) is 2.12. The Kier molecular flexibility index (Phi) is 6.38. The third kappa shape index (κ3) is 4.47. The van der Waals surface area contributed by atoms with Crippen LogP contribution in [0.25, 0.3) is 0 Å². The third-order valence-electron chi connectivity index (χ3n) is 2.43. The van der Waals surface area contributed by atoms with Gasteiger partial charge in [-0.3, -0.25) is 0 Å². The highest BCUT2D eigenvalue weighted by atomic mass is 32.2. The van der Waals surface area contributed by atoms with Gasteiger partial charge in [-0.25, -0.2) is 4.98 Å². The Morgan fingerprint density at radius 2 is 2.25 bits per heavy atom. The molecule has 92 valence electrons. The molecule has 0 amide bonds. The largest absolute Gasteiger partial charge is 0.356 e. The zero-order valence-corrected chi connectivity index (χ0v) is 11.4. The van der Waals surface area contributed by atoms with Crippen molar-refractivity contribution in [3.63, 3.8) is 0 Å². The molecule has 16 heavy (non-hydrogen) atoms. The fourth-order valence-electron chi connectivity index (χ4n) is 1.62. The van der Waals surface area contributed by atoms with E-state index in [-0.39, 0.29) is 0 Å². The summed E-state index contributed by atoms with van der Waals surface area (Å²) in [5.41, 5.74) is 1.10. The number of nitrogens with one attached hydrogen (secondary N) is 1. The predicted octanol–water partition coefficient (Wildman–Crippen LogP) is 3.16. The molecule has 1 rings (SSSR count). The number of thioether (sulfide) groups is 1. The van der Waals surface area contributed by atoms with Crippen LogP contribution in [0.1, 0.15) is 31.9 Å². The van der Waals surface area contributed by atoms with Gasteiger partial charge in [0.25, 0.3) is 0 Å². The summed E-state index contributed by atoms with van der Waals surface area (Å²) in [5, 5.41) is 3.37. The number of unbranched alkanes of at least 4 members (excludes halogenated alkanes) is 1. The molecule has 0 spiro atoms. The van der Waals surface area contributed by atoms with Crippen molar-refractivity contribution in [1.29, 1.82) is 0 Å². The minimum Gasteiger partial charge on any atom is -0.356 e. The van der Waals surface area contributed by atoms with Crippen LogP contribution in [-0.2, 0) is 6.54 Å². The van der Waals surface area contributed by atoms with Crippen LogP contribution in [-0.4, -0.2) is 28.1 Å². The molecule has 1 N–H and O–H groups in total. The molecule has 0 fully saturated rings. The lowest BCUT2D eigenvalue weighted by atomic mass is 10.3. The monoisotopic (exact) mass is 241 g/mol. The van der Waals surface area contributed by atoms with Gasteiger partial charge < -0.3 is 9.88 Å². The van der Waals surface area contributed by atoms with Crippen molar-refractivity contribution >= 4 is 17.7 Å². The van der Waals surface area contributed by atoms with Crippen molar-refractivity contribution in [3.05, 3.63) is 11.9 Å². The summed E-state index contributed by atoms with van der Waals surface area (Å²) in [5.74, 6) is 2.29. The van der Waals surface area contributed by atoms with E-state index in [1.54, 1.807) is 0 Å². The molecule has 1 aromatic heterocycles. The molecule has 0 atom stereocenters. The van der Waals surface area contributed by atoms with Gasteiger partial charge in [-0.2, -0.15) is 11.8 Å². The average molecular weight is 241 g/mol. The molecule has 1 aromatic rings. The molecule has 0 saturated carbocycles. The first-order chi connectivity index (χ1) is 7.77. The maximum atomic E-state index is 4.49. The maximum absolute atomic E-state index is 4.49. The lowest BCUT2D eigenvalue weighted by Gasteiger charge is -2.08. The Hall–Kier alpha value is -0.640. The minimum absolute atomic E-state index is 1.00. The summed E-state index contributed by atoms with van der Waals surface area (Å²) in [6, 6.07) is 0. The van der Waals surface area contributed by atoms with Gasteiger partial charge in [0, 0.05) is 19.3 Å². The van der Waals surface area contributed by atoms with Gasteiger partial charge in [0.2, 0.25) is 5.95 Å². The van der Waals surface area contributed by atoms with Gasteiger partial charge in [-0.15, -0.1) is 0 Å². The Bertz CT molecular complexity index is 296. The van der Waals surface area contributed by atoms with Crippen LogP contribution in [0.4, 0.5) is 5.95 Å². The van der Waals surface area contributed by atoms with E-state index in [0.29, 0.717) is 0 Å². The van der Waals surface area contributed by atoms with Crippen LogP contribution in [0, 0.1) is 6.92 Å². The van der Waals surface area contributed by atoms with Crippen molar-refractivity contribution < 1.29 is 0 Å². The fraction of sp³-hybridized carbons (Fsp3) is 0.750. The van der Waals surface area contributed by atoms with E-state index >= 15 is 0 Å². The zero-order chi connectivity index (χ0) is 11.8. The van der Waals surface area contributed by atoms with Crippen LogP contribution in [0.3, 0.4) is 0 Å². The van der Waals surface area contributed by atoms with Crippen LogP contribution in [0.15, 0.2) is 6.20 Å². The van der Waals surface area contributed by atoms with Gasteiger partial charge in [-0.05, 0) is 38.2 Å². The number of nitrogens with zero attached hydrogens (tertiary/aromatic N) is 2. The minimum atomic E-state index is 1.00. The molecule has 1 heterocycles. The zero-order valence-electron chi connectivity index (χ0n) is 10.6. The van der Waals surface area contributed by atoms with Crippen molar-refractivity contribution in [2.75, 3.05) is 23.9 Å². The Labute approximate surface area is 103 Å². The number of imidazole rings is 1. The summed E-state index contributed by atoms with van der Waals surface area (Å²) < 4.78 is 2.24. The second-order valence-electron chi connectivity index (χ2n) is 4.03. The van der Waals surface area contributed by atoms with Crippen molar-refractivity contribution in [2.45, 2.75) is 39.7 Å². The normalized spacial score (nSPS) is 10.7. The summed E-state index contributed by atoms with van der Waals surface area (Å²) in [6.45, 7) is 6.30. The van der Waals surface area contributed by atoms with Crippen LogP contribution in [0.2, 0.25) is 0 Å². The number of hydrogen-bond acceptors (Lipinski definition) is 3. The van der Waals surface area contributed by atoms with Gasteiger partial charge in [0.1, 0.15) is 0 Å². The third-order valence-corrected chi connectivity index (χ3v) is 3.12. The van der Waals surface area contributed by atoms with Crippen molar-refractivity contribution in [1.82, 2.24) is 9.55 Å². The van der Waals surface area contributed by atoms with Crippen LogP contribution in [0.5, 0.6) is 0 Å². The first-order valence-corrected chi connectivity index (χ1v) is 7.44. The first kappa shape index (κ1) is 13.4. The molecule has 0 radical (unpaired) electrons. The second kappa shape index (κ2) is 7.60. The first-order valence-electron chi connectivity index (χ1n) is 6.04. The maximum Gasteiger partial charge on any atom is 0.203 e. The van der Waals surface area contributed by atoms with E-state index in [0.717, 1.165) is 31.2 Å². The van der Waals surface area contributed by atoms with Crippen LogP contribution < -0.4 is 5.32 Å². The summed E-state index contributed by atoms with van der Waals surface area (Å²) >= 11 is 1.92. The van der Waals surface area contributed by atoms with E-state index in [4.69, 9.17) is 0 Å². The van der Waals surface area contributed by atoms with E-state index in [1.807, 2.05) is 11.8 Å². The van der Waals surface area contributed by atoms with Gasteiger partial charge >= 0.3 is 0 Å². The highest BCUT2D eigenvalue weighted by Gasteiger charge is 2.03. The van der Waals surface area contributed by atoms with Gasteiger partial charge in [0.15, 0.2) is 0 Å². The Morgan fingerprint density at radius 3 is 2.94 bits per heavy atom. The highest BCUT2D eigenvalue weighted by Crippen LogP contribution is 2.10. The molecule has 0 saturated heterocycles. The van der Waals surface area contributed by atoms with E-state index in [2.05, 4.69) is 41.2 Å². The van der Waals surface area contributed by atoms with Gasteiger partial charge in [-0.1, -0.05) is 6.92 Å². The summed E-state index contributed by atoms with van der Waals surface area (Å²) in [7, 11) is 0. The molecule has 0 aromatic carbocycles. The van der Waals surface area contributed by atoms with Crippen molar-refractivity contribution in [2.24, 2.45) is 0 Å². The molecule has 0 bridgehead atoms. The quantitative estimate of drug-likeness (QED) is 0.709. The average Bonchev–Trinajstić information content (AvgIpc) is 2.62. The SMILES string of the molecule is CCCNc1nc(C)cn1CCCCSC. The van der Waals surface area contributed by atoms with Crippen LogP contribution >= 0.6 is 11.8 Å². The predicted molar refractivity (Wildman–Crippen MR) is 73.4 cm³/mol. The number of hydrogen-bond donors (Lipinski definition) is 1. The lowest BCUT2D eigenvalue weighted by Crippen LogP contribution is -2.08. The molecule has 0 aliphatic rings. The molecule has 3 nitrogen and oxygen atoms in total. The molecular formula is C12H23N3S. The van der Waals surface area contributed by atoms with E-state index in [9.17, 15) is 0 Å². The Balaban J connectivity index is 2.43. The standard InChI is InChI=1S/C12H23N3S/c1-4-7-13-12-14-11(2)10-15(12)8-5-6-9-16-3/h10H,4-9H2,1-3H3,(H,13,14). The molecule has 0 aliphatic heterocycles. The Morgan fingerprint density at radius 1 is 1.44 bits per heavy atom. The summed E-state index contributed by atoms with van der Waals surface area (Å²) in [4.78, 5) is 4.49. The number of rotatable bonds is 8. The van der Waals surface area contributed by atoms with Crippen molar-refractivity contribution in [3.8, 4) is 0 Å². The number of aryl methyl sites for hydroxylation is 2. The molecule has 0 unspecified atom stereocenters. The smallest absolute Gasteiger partial charge is 0.203 e. The van der Waals surface area contributed by atoms with E-state index < -0.39 is 0 Å².